The lowest BCUT2D eigenvalue weighted by atomic mass is 10.2. The van der Waals surface area contributed by atoms with E-state index < -0.39 is 10.0 Å². The van der Waals surface area contributed by atoms with Gasteiger partial charge in [0, 0.05) is 19.1 Å². The summed E-state index contributed by atoms with van der Waals surface area (Å²) in [5.41, 5.74) is 0. The van der Waals surface area contributed by atoms with Gasteiger partial charge in [-0.05, 0) is 46.3 Å². The van der Waals surface area contributed by atoms with Gasteiger partial charge in [-0.3, -0.25) is 0 Å². The third-order valence-electron chi connectivity index (χ3n) is 3.32. The zero-order valence-corrected chi connectivity index (χ0v) is 13.7. The summed E-state index contributed by atoms with van der Waals surface area (Å²) in [6.07, 6.45) is 2.82. The fourth-order valence-corrected chi connectivity index (χ4v) is 2.74. The van der Waals surface area contributed by atoms with E-state index >= 15 is 0 Å². The van der Waals surface area contributed by atoms with Gasteiger partial charge in [-0.15, -0.1) is 0 Å². The summed E-state index contributed by atoms with van der Waals surface area (Å²) in [6.45, 7) is 9.34. The van der Waals surface area contributed by atoms with Crippen molar-refractivity contribution in [2.24, 2.45) is 0 Å². The molecule has 0 spiro atoms. The van der Waals surface area contributed by atoms with Crippen molar-refractivity contribution in [3.63, 3.8) is 0 Å². The van der Waals surface area contributed by atoms with Crippen LogP contribution in [0, 0.1) is 0 Å². The molecule has 5 nitrogen and oxygen atoms in total. The highest BCUT2D eigenvalue weighted by Gasteiger charge is 2.11. The van der Waals surface area contributed by atoms with Gasteiger partial charge >= 0.3 is 0 Å². The SMILES string of the molecule is CCCNCCCS(=O)(=O)NCCN(C)C(C)CC. The topological polar surface area (TPSA) is 61.4 Å². The predicted molar refractivity (Wildman–Crippen MR) is 82.0 cm³/mol. The van der Waals surface area contributed by atoms with Crippen molar-refractivity contribution in [3.8, 4) is 0 Å². The molecule has 116 valence electrons. The van der Waals surface area contributed by atoms with Crippen LogP contribution in [-0.2, 0) is 10.0 Å². The van der Waals surface area contributed by atoms with Crippen molar-refractivity contribution in [3.05, 3.63) is 0 Å². The van der Waals surface area contributed by atoms with Gasteiger partial charge < -0.3 is 10.2 Å². The minimum Gasteiger partial charge on any atom is -0.317 e. The largest absolute Gasteiger partial charge is 0.317 e. The lowest BCUT2D eigenvalue weighted by Crippen LogP contribution is -2.38. The van der Waals surface area contributed by atoms with Crippen LogP contribution in [0.25, 0.3) is 0 Å². The molecule has 0 radical (unpaired) electrons. The fourth-order valence-electron chi connectivity index (χ4n) is 1.67. The summed E-state index contributed by atoms with van der Waals surface area (Å²) in [4.78, 5) is 2.17. The number of sulfonamides is 1. The first kappa shape index (κ1) is 18.8. The van der Waals surface area contributed by atoms with E-state index in [4.69, 9.17) is 0 Å². The molecule has 0 rings (SSSR count). The molecule has 0 saturated heterocycles. The van der Waals surface area contributed by atoms with Crippen LogP contribution in [0.3, 0.4) is 0 Å². The summed E-state index contributed by atoms with van der Waals surface area (Å²) in [5.74, 6) is 0.205. The van der Waals surface area contributed by atoms with Crippen LogP contribution in [0.15, 0.2) is 0 Å². The maximum atomic E-state index is 11.7. The zero-order valence-electron chi connectivity index (χ0n) is 12.9. The van der Waals surface area contributed by atoms with Gasteiger partial charge in [-0.25, -0.2) is 13.1 Å². The van der Waals surface area contributed by atoms with Gasteiger partial charge in [-0.2, -0.15) is 0 Å². The van der Waals surface area contributed by atoms with Crippen LogP contribution >= 0.6 is 0 Å². The van der Waals surface area contributed by atoms with Crippen molar-refractivity contribution in [2.75, 3.05) is 39.0 Å². The van der Waals surface area contributed by atoms with Gasteiger partial charge in [-0.1, -0.05) is 13.8 Å². The Bertz CT molecular complexity index is 307. The van der Waals surface area contributed by atoms with Gasteiger partial charge in [0.25, 0.3) is 0 Å². The Labute approximate surface area is 119 Å². The average molecular weight is 293 g/mol. The number of rotatable bonds is 12. The zero-order chi connectivity index (χ0) is 14.7. The molecule has 0 aliphatic heterocycles. The molecular formula is C13H31N3O2S. The molecule has 0 aromatic rings. The summed E-state index contributed by atoms with van der Waals surface area (Å²) in [7, 11) is -1.09. The van der Waals surface area contributed by atoms with E-state index in [0.29, 0.717) is 19.0 Å². The van der Waals surface area contributed by atoms with Gasteiger partial charge in [0.2, 0.25) is 10.0 Å². The third kappa shape index (κ3) is 10.3. The summed E-state index contributed by atoms with van der Waals surface area (Å²) < 4.78 is 26.1. The summed E-state index contributed by atoms with van der Waals surface area (Å²) >= 11 is 0. The lowest BCUT2D eigenvalue weighted by Gasteiger charge is -2.23. The minimum absolute atomic E-state index is 0.205. The second-order valence-corrected chi connectivity index (χ2v) is 6.98. The second-order valence-electron chi connectivity index (χ2n) is 5.05. The van der Waals surface area contributed by atoms with E-state index in [9.17, 15) is 8.42 Å². The highest BCUT2D eigenvalue weighted by atomic mass is 32.2. The molecule has 0 aliphatic rings. The van der Waals surface area contributed by atoms with Crippen LogP contribution in [0.2, 0.25) is 0 Å². The molecule has 1 unspecified atom stereocenters. The normalized spacial score (nSPS) is 13.9. The molecule has 6 heteroatoms. The van der Waals surface area contributed by atoms with Crippen molar-refractivity contribution in [1.82, 2.24) is 14.9 Å². The van der Waals surface area contributed by atoms with E-state index in [1.165, 1.54) is 0 Å². The third-order valence-corrected chi connectivity index (χ3v) is 4.79. The predicted octanol–water partition coefficient (Wildman–Crippen LogP) is 1.03. The lowest BCUT2D eigenvalue weighted by molar-refractivity contribution is 0.256. The molecule has 0 amide bonds. The van der Waals surface area contributed by atoms with Crippen LogP contribution in [0.5, 0.6) is 0 Å². The first-order valence-electron chi connectivity index (χ1n) is 7.31. The number of hydrogen-bond acceptors (Lipinski definition) is 4. The second kappa shape index (κ2) is 10.6. The molecule has 0 saturated carbocycles. The monoisotopic (exact) mass is 293 g/mol. The molecule has 0 heterocycles. The van der Waals surface area contributed by atoms with E-state index in [2.05, 4.69) is 35.7 Å². The minimum atomic E-state index is -3.11. The highest BCUT2D eigenvalue weighted by molar-refractivity contribution is 7.89. The summed E-state index contributed by atoms with van der Waals surface area (Å²) in [5, 5.41) is 3.20. The number of nitrogens with one attached hydrogen (secondary N) is 2. The maximum absolute atomic E-state index is 11.7. The number of likely N-dealkylation sites (N-methyl/N-ethyl adjacent to an activating group) is 1. The average Bonchev–Trinajstić information content (AvgIpc) is 2.37. The van der Waals surface area contributed by atoms with Gasteiger partial charge in [0.1, 0.15) is 0 Å². The van der Waals surface area contributed by atoms with E-state index in [1.807, 2.05) is 7.05 Å². The molecule has 0 aromatic carbocycles. The Hall–Kier alpha value is -0.170. The Kier molecular flexibility index (Phi) is 10.5. The molecule has 19 heavy (non-hydrogen) atoms. The van der Waals surface area contributed by atoms with E-state index in [1.54, 1.807) is 0 Å². The highest BCUT2D eigenvalue weighted by Crippen LogP contribution is 1.98. The molecule has 0 aromatic heterocycles. The van der Waals surface area contributed by atoms with Gasteiger partial charge in [0.15, 0.2) is 0 Å². The smallest absolute Gasteiger partial charge is 0.211 e. The molecule has 1 atom stereocenters. The quantitative estimate of drug-likeness (QED) is 0.528. The van der Waals surface area contributed by atoms with E-state index in [-0.39, 0.29) is 5.75 Å². The standard InChI is InChI=1S/C13H31N3O2S/c1-5-8-14-9-7-12-19(17,18)15-10-11-16(4)13(3)6-2/h13-15H,5-12H2,1-4H3. The number of hydrogen-bond donors (Lipinski definition) is 2. The Balaban J connectivity index is 3.73. The Morgan fingerprint density at radius 2 is 1.84 bits per heavy atom. The van der Waals surface area contributed by atoms with Crippen LogP contribution in [0.1, 0.15) is 40.0 Å². The van der Waals surface area contributed by atoms with Crippen LogP contribution in [-0.4, -0.2) is 58.3 Å². The molecule has 0 aliphatic carbocycles. The van der Waals surface area contributed by atoms with Gasteiger partial charge in [0.05, 0.1) is 5.75 Å². The first-order chi connectivity index (χ1) is 8.93. The van der Waals surface area contributed by atoms with Crippen molar-refractivity contribution >= 4 is 10.0 Å². The number of nitrogens with zero attached hydrogens (tertiary/aromatic N) is 1. The van der Waals surface area contributed by atoms with Crippen molar-refractivity contribution < 1.29 is 8.42 Å². The Morgan fingerprint density at radius 1 is 1.16 bits per heavy atom. The van der Waals surface area contributed by atoms with Crippen LogP contribution in [0.4, 0.5) is 0 Å². The molecule has 0 bridgehead atoms. The fraction of sp³-hybridized carbons (Fsp3) is 1.00. The molecular weight excluding hydrogens is 262 g/mol. The maximum Gasteiger partial charge on any atom is 0.211 e. The molecule has 2 N–H and O–H groups in total. The summed E-state index contributed by atoms with van der Waals surface area (Å²) in [6, 6.07) is 0.489. The molecule has 0 fully saturated rings. The first-order valence-corrected chi connectivity index (χ1v) is 8.96. The Morgan fingerprint density at radius 3 is 2.42 bits per heavy atom. The van der Waals surface area contributed by atoms with Crippen molar-refractivity contribution in [1.29, 1.82) is 0 Å². The van der Waals surface area contributed by atoms with Crippen LogP contribution < -0.4 is 10.0 Å². The van der Waals surface area contributed by atoms with E-state index in [0.717, 1.165) is 32.5 Å². The van der Waals surface area contributed by atoms with Crippen molar-refractivity contribution in [2.45, 2.75) is 46.1 Å².